The standard InChI is InChI=1S/C15H24N2O/c1-11(2)10-17-9-5-4-6-14(17)13-7-8-15(18)16-12(13)3/h7-8,11,14H,4-6,9-10H2,1-3H3,(H,16,18). The van der Waals surface area contributed by atoms with Gasteiger partial charge in [0.25, 0.3) is 0 Å². The van der Waals surface area contributed by atoms with E-state index in [1.54, 1.807) is 6.07 Å². The maximum absolute atomic E-state index is 11.3. The van der Waals surface area contributed by atoms with Gasteiger partial charge in [-0.2, -0.15) is 0 Å². The number of rotatable bonds is 3. The van der Waals surface area contributed by atoms with Gasteiger partial charge in [-0.15, -0.1) is 0 Å². The van der Waals surface area contributed by atoms with Crippen LogP contribution >= 0.6 is 0 Å². The van der Waals surface area contributed by atoms with Gasteiger partial charge in [0.1, 0.15) is 0 Å². The first-order valence-corrected chi connectivity index (χ1v) is 7.02. The Hall–Kier alpha value is -1.09. The van der Waals surface area contributed by atoms with Crippen molar-refractivity contribution in [3.8, 4) is 0 Å². The monoisotopic (exact) mass is 248 g/mol. The second-order valence-corrected chi connectivity index (χ2v) is 5.80. The molecule has 2 rings (SSSR count). The van der Waals surface area contributed by atoms with Crippen molar-refractivity contribution >= 4 is 0 Å². The minimum Gasteiger partial charge on any atom is -0.326 e. The summed E-state index contributed by atoms with van der Waals surface area (Å²) in [7, 11) is 0. The van der Waals surface area contributed by atoms with Gasteiger partial charge in [0, 0.05) is 24.3 Å². The Morgan fingerprint density at radius 1 is 1.39 bits per heavy atom. The lowest BCUT2D eigenvalue weighted by atomic mass is 9.93. The van der Waals surface area contributed by atoms with Crippen LogP contribution in [0.25, 0.3) is 0 Å². The van der Waals surface area contributed by atoms with Gasteiger partial charge in [-0.25, -0.2) is 0 Å². The lowest BCUT2D eigenvalue weighted by Gasteiger charge is -2.37. The van der Waals surface area contributed by atoms with Gasteiger partial charge in [0.15, 0.2) is 0 Å². The van der Waals surface area contributed by atoms with Crippen LogP contribution in [0, 0.1) is 12.8 Å². The van der Waals surface area contributed by atoms with E-state index in [1.807, 2.05) is 13.0 Å². The Bertz CT molecular complexity index is 450. The molecule has 0 saturated carbocycles. The van der Waals surface area contributed by atoms with Gasteiger partial charge in [-0.3, -0.25) is 9.69 Å². The van der Waals surface area contributed by atoms with E-state index >= 15 is 0 Å². The number of piperidine rings is 1. The Balaban J connectivity index is 2.24. The van der Waals surface area contributed by atoms with E-state index in [2.05, 4.69) is 23.7 Å². The highest BCUT2D eigenvalue weighted by Crippen LogP contribution is 2.32. The quantitative estimate of drug-likeness (QED) is 0.893. The molecule has 1 aromatic heterocycles. The molecule has 2 heterocycles. The van der Waals surface area contributed by atoms with Gasteiger partial charge in [0.2, 0.25) is 5.56 Å². The second kappa shape index (κ2) is 5.70. The average Bonchev–Trinajstić information content (AvgIpc) is 2.30. The molecular formula is C15H24N2O. The molecule has 18 heavy (non-hydrogen) atoms. The fourth-order valence-electron chi connectivity index (χ4n) is 2.98. The van der Waals surface area contributed by atoms with Gasteiger partial charge >= 0.3 is 0 Å². The highest BCUT2D eigenvalue weighted by Gasteiger charge is 2.25. The molecule has 0 bridgehead atoms. The van der Waals surface area contributed by atoms with Gasteiger partial charge < -0.3 is 4.98 Å². The number of H-pyrrole nitrogens is 1. The zero-order chi connectivity index (χ0) is 13.1. The average molecular weight is 248 g/mol. The smallest absolute Gasteiger partial charge is 0.248 e. The van der Waals surface area contributed by atoms with Gasteiger partial charge in [-0.05, 0) is 37.8 Å². The summed E-state index contributed by atoms with van der Waals surface area (Å²) in [5.41, 5.74) is 2.33. The van der Waals surface area contributed by atoms with Crippen LogP contribution in [0.1, 0.15) is 50.4 Å². The molecule has 0 aliphatic carbocycles. The van der Waals surface area contributed by atoms with Crippen molar-refractivity contribution in [3.63, 3.8) is 0 Å². The maximum Gasteiger partial charge on any atom is 0.248 e. The number of nitrogens with one attached hydrogen (secondary N) is 1. The number of aryl methyl sites for hydroxylation is 1. The minimum atomic E-state index is 0.00229. The summed E-state index contributed by atoms with van der Waals surface area (Å²) in [6.45, 7) is 8.88. The fraction of sp³-hybridized carbons (Fsp3) is 0.667. The second-order valence-electron chi connectivity index (χ2n) is 5.80. The van der Waals surface area contributed by atoms with Crippen molar-refractivity contribution < 1.29 is 0 Å². The molecule has 0 amide bonds. The third-order valence-electron chi connectivity index (χ3n) is 3.73. The predicted molar refractivity (Wildman–Crippen MR) is 74.8 cm³/mol. The van der Waals surface area contributed by atoms with Crippen LogP contribution in [0.2, 0.25) is 0 Å². The van der Waals surface area contributed by atoms with Crippen molar-refractivity contribution in [1.82, 2.24) is 9.88 Å². The van der Waals surface area contributed by atoms with Crippen LogP contribution in [0.3, 0.4) is 0 Å². The van der Waals surface area contributed by atoms with E-state index in [0.29, 0.717) is 12.0 Å². The lowest BCUT2D eigenvalue weighted by molar-refractivity contribution is 0.131. The van der Waals surface area contributed by atoms with E-state index < -0.39 is 0 Å². The molecule has 1 atom stereocenters. The Kier molecular flexibility index (Phi) is 4.23. The largest absolute Gasteiger partial charge is 0.326 e. The number of aromatic amines is 1. The summed E-state index contributed by atoms with van der Waals surface area (Å²) >= 11 is 0. The molecule has 1 aliphatic heterocycles. The van der Waals surface area contributed by atoms with Gasteiger partial charge in [-0.1, -0.05) is 26.3 Å². The van der Waals surface area contributed by atoms with Crippen molar-refractivity contribution in [2.75, 3.05) is 13.1 Å². The van der Waals surface area contributed by atoms with E-state index in [4.69, 9.17) is 0 Å². The number of likely N-dealkylation sites (tertiary alicyclic amines) is 1. The third-order valence-corrected chi connectivity index (χ3v) is 3.73. The number of aromatic nitrogens is 1. The molecule has 1 saturated heterocycles. The molecule has 0 spiro atoms. The van der Waals surface area contributed by atoms with E-state index in [-0.39, 0.29) is 5.56 Å². The van der Waals surface area contributed by atoms with Crippen molar-refractivity contribution in [3.05, 3.63) is 33.7 Å². The molecule has 0 radical (unpaired) electrons. The molecule has 1 fully saturated rings. The summed E-state index contributed by atoms with van der Waals surface area (Å²) in [5, 5.41) is 0. The number of hydrogen-bond donors (Lipinski definition) is 1. The first kappa shape index (κ1) is 13.3. The summed E-state index contributed by atoms with van der Waals surface area (Å²) in [5.74, 6) is 0.689. The Morgan fingerprint density at radius 3 is 2.83 bits per heavy atom. The van der Waals surface area contributed by atoms with Gasteiger partial charge in [0.05, 0.1) is 0 Å². The molecule has 1 N–H and O–H groups in total. The van der Waals surface area contributed by atoms with E-state index in [9.17, 15) is 4.79 Å². The first-order valence-electron chi connectivity index (χ1n) is 7.02. The van der Waals surface area contributed by atoms with Crippen molar-refractivity contribution in [2.24, 2.45) is 5.92 Å². The number of hydrogen-bond acceptors (Lipinski definition) is 2. The molecular weight excluding hydrogens is 224 g/mol. The zero-order valence-corrected chi connectivity index (χ0v) is 11.7. The molecule has 3 heteroatoms. The number of nitrogens with zero attached hydrogens (tertiary/aromatic N) is 1. The SMILES string of the molecule is Cc1[nH]c(=O)ccc1C1CCCCN1CC(C)C. The van der Waals surface area contributed by atoms with Crippen LogP contribution in [-0.2, 0) is 0 Å². The lowest BCUT2D eigenvalue weighted by Crippen LogP contribution is -2.36. The predicted octanol–water partition coefficient (Wildman–Crippen LogP) is 2.87. The van der Waals surface area contributed by atoms with E-state index in [0.717, 1.165) is 12.2 Å². The summed E-state index contributed by atoms with van der Waals surface area (Å²) in [6.07, 6.45) is 3.79. The normalized spacial score (nSPS) is 21.4. The highest BCUT2D eigenvalue weighted by molar-refractivity contribution is 5.23. The molecule has 100 valence electrons. The summed E-state index contributed by atoms with van der Waals surface area (Å²) in [4.78, 5) is 16.8. The topological polar surface area (TPSA) is 36.1 Å². The van der Waals surface area contributed by atoms with Crippen LogP contribution in [0.15, 0.2) is 16.9 Å². The van der Waals surface area contributed by atoms with Crippen molar-refractivity contribution in [2.45, 2.75) is 46.1 Å². The maximum atomic E-state index is 11.3. The van der Waals surface area contributed by atoms with Crippen LogP contribution in [0.4, 0.5) is 0 Å². The van der Waals surface area contributed by atoms with Crippen LogP contribution < -0.4 is 5.56 Å². The molecule has 3 nitrogen and oxygen atoms in total. The zero-order valence-electron chi connectivity index (χ0n) is 11.7. The molecule has 1 aliphatic rings. The molecule has 0 aromatic carbocycles. The Labute approximate surface area is 109 Å². The third kappa shape index (κ3) is 3.02. The minimum absolute atomic E-state index is 0.00229. The molecule has 1 unspecified atom stereocenters. The van der Waals surface area contributed by atoms with E-state index in [1.165, 1.54) is 31.4 Å². The number of pyridine rings is 1. The highest BCUT2D eigenvalue weighted by atomic mass is 16.1. The Morgan fingerprint density at radius 2 is 2.17 bits per heavy atom. The van der Waals surface area contributed by atoms with Crippen LogP contribution in [-0.4, -0.2) is 23.0 Å². The van der Waals surface area contributed by atoms with Crippen LogP contribution in [0.5, 0.6) is 0 Å². The summed E-state index contributed by atoms with van der Waals surface area (Å²) < 4.78 is 0. The molecule has 1 aromatic rings. The summed E-state index contributed by atoms with van der Waals surface area (Å²) in [6, 6.07) is 4.15. The fourth-order valence-corrected chi connectivity index (χ4v) is 2.98. The van der Waals surface area contributed by atoms with Crippen molar-refractivity contribution in [1.29, 1.82) is 0 Å². The first-order chi connectivity index (χ1) is 8.58.